The van der Waals surface area contributed by atoms with Crippen molar-refractivity contribution in [3.63, 3.8) is 0 Å². The van der Waals surface area contributed by atoms with Gasteiger partial charge in [-0.1, -0.05) is 0 Å². The summed E-state index contributed by atoms with van der Waals surface area (Å²) < 4.78 is 90.2. The number of hydrogen-bond acceptors (Lipinski definition) is 5. The van der Waals surface area contributed by atoms with Gasteiger partial charge in [-0.15, -0.1) is 0 Å². The van der Waals surface area contributed by atoms with Gasteiger partial charge in [0.05, 0.1) is 29.7 Å². The minimum absolute atomic E-state index is 0.0541. The summed E-state index contributed by atoms with van der Waals surface area (Å²) in [4.78, 5) is 6.22. The number of alkyl halides is 3. The van der Waals surface area contributed by atoms with E-state index in [1.165, 1.54) is 11.7 Å². The predicted octanol–water partition coefficient (Wildman–Crippen LogP) is 4.54. The van der Waals surface area contributed by atoms with Gasteiger partial charge in [0, 0.05) is 19.2 Å². The molecule has 1 aromatic carbocycles. The molecule has 1 spiro atoms. The quantitative estimate of drug-likeness (QED) is 0.555. The van der Waals surface area contributed by atoms with E-state index in [-0.39, 0.29) is 28.5 Å². The van der Waals surface area contributed by atoms with E-state index >= 15 is 4.39 Å². The number of hydrogen-bond donors (Lipinski definition) is 1. The molecule has 0 amide bonds. The number of pyridine rings is 1. The molecule has 6 nitrogen and oxygen atoms in total. The Morgan fingerprint density at radius 2 is 1.85 bits per heavy atom. The van der Waals surface area contributed by atoms with Crippen LogP contribution < -0.4 is 4.90 Å². The molecule has 0 atom stereocenters. The van der Waals surface area contributed by atoms with Crippen LogP contribution in [0.5, 0.6) is 5.75 Å². The van der Waals surface area contributed by atoms with Crippen molar-refractivity contribution in [2.45, 2.75) is 31.0 Å². The molecule has 0 bridgehead atoms. The first-order valence-corrected chi connectivity index (χ1v) is 10.2. The largest absolute Gasteiger partial charge is 0.503 e. The van der Waals surface area contributed by atoms with Gasteiger partial charge < -0.3 is 14.7 Å². The highest BCUT2D eigenvalue weighted by Crippen LogP contribution is 2.44. The third kappa shape index (κ3) is 3.22. The summed E-state index contributed by atoms with van der Waals surface area (Å²) in [5, 5.41) is 13.6. The van der Waals surface area contributed by atoms with E-state index in [4.69, 9.17) is 4.74 Å². The third-order valence-electron chi connectivity index (χ3n) is 6.43. The number of nitrogens with zero attached hydrogens (tertiary/aromatic N) is 4. The fourth-order valence-electron chi connectivity index (χ4n) is 4.59. The van der Waals surface area contributed by atoms with Gasteiger partial charge in [0.2, 0.25) is 0 Å². The number of aromatic nitrogens is 3. The predicted molar refractivity (Wildman–Crippen MR) is 105 cm³/mol. The number of halogens is 6. The Balaban J connectivity index is 1.69. The highest BCUT2D eigenvalue weighted by molar-refractivity contribution is 5.93. The van der Waals surface area contributed by atoms with Crippen LogP contribution in [-0.4, -0.2) is 45.2 Å². The zero-order valence-corrected chi connectivity index (χ0v) is 17.3. The van der Waals surface area contributed by atoms with Gasteiger partial charge in [0.15, 0.2) is 34.7 Å². The summed E-state index contributed by atoms with van der Waals surface area (Å²) in [7, 11) is 1.42. The molecule has 3 heterocycles. The minimum atomic E-state index is -5.20. The molecule has 2 aliphatic rings. The Morgan fingerprint density at radius 3 is 2.48 bits per heavy atom. The second-order valence-corrected chi connectivity index (χ2v) is 8.37. The van der Waals surface area contributed by atoms with E-state index in [0.29, 0.717) is 19.8 Å². The van der Waals surface area contributed by atoms with Crippen molar-refractivity contribution in [1.29, 1.82) is 0 Å². The van der Waals surface area contributed by atoms with Crippen LogP contribution in [0.25, 0.3) is 22.3 Å². The SMILES string of the molecule is Cn1nc(-c2cc(C(F)(F)F)c(F)c(O)c2F)c2cc(F)c(N3CCOCC34CCC4)nc21. The number of morpholine rings is 1. The zero-order valence-electron chi connectivity index (χ0n) is 17.3. The molecule has 176 valence electrons. The Labute approximate surface area is 183 Å². The molecule has 5 rings (SSSR count). The van der Waals surface area contributed by atoms with E-state index in [9.17, 15) is 27.1 Å². The Bertz CT molecular complexity index is 1270. The van der Waals surface area contributed by atoms with Crippen LogP contribution in [0.3, 0.4) is 0 Å². The molecule has 1 saturated heterocycles. The van der Waals surface area contributed by atoms with Gasteiger partial charge >= 0.3 is 6.18 Å². The highest BCUT2D eigenvalue weighted by Gasteiger charge is 2.46. The van der Waals surface area contributed by atoms with E-state index in [2.05, 4.69) is 10.1 Å². The average Bonchev–Trinajstić information content (AvgIpc) is 3.04. The first-order chi connectivity index (χ1) is 15.5. The van der Waals surface area contributed by atoms with E-state index < -0.39 is 46.2 Å². The molecule has 1 N–H and O–H groups in total. The van der Waals surface area contributed by atoms with Gasteiger partial charge in [0.1, 0.15) is 5.69 Å². The fraction of sp³-hybridized carbons (Fsp3) is 0.429. The van der Waals surface area contributed by atoms with Crippen molar-refractivity contribution in [3.05, 3.63) is 35.1 Å². The molecule has 1 aliphatic carbocycles. The van der Waals surface area contributed by atoms with Crippen LogP contribution in [0.2, 0.25) is 0 Å². The lowest BCUT2D eigenvalue weighted by Crippen LogP contribution is -2.61. The van der Waals surface area contributed by atoms with Gasteiger partial charge in [-0.25, -0.2) is 22.8 Å². The van der Waals surface area contributed by atoms with Crippen LogP contribution in [0.15, 0.2) is 12.1 Å². The molecular weight excluding hydrogens is 454 g/mol. The summed E-state index contributed by atoms with van der Waals surface area (Å²) in [5.41, 5.74) is -3.34. The molecule has 3 aromatic rings. The lowest BCUT2D eigenvalue weighted by atomic mass is 9.75. The standard InChI is InChI=1S/C21H18F6N4O2/c1-30-18-11(8-13(22)19(28-18)31-5-6-33-9-20(31)3-2-4-20)16(29-30)10-7-12(21(25,26)27)15(24)17(32)14(10)23/h7-8,32H,2-6,9H2,1H3. The summed E-state index contributed by atoms with van der Waals surface area (Å²) in [6, 6.07) is 1.23. The number of phenolic OH excluding ortho intramolecular Hbond substituents is 1. The first kappa shape index (κ1) is 21.8. The van der Waals surface area contributed by atoms with Crippen molar-refractivity contribution in [2.24, 2.45) is 7.05 Å². The number of fused-ring (bicyclic) bond motifs is 1. The number of benzene rings is 1. The van der Waals surface area contributed by atoms with Crippen molar-refractivity contribution in [2.75, 3.05) is 24.7 Å². The molecule has 0 radical (unpaired) electrons. The van der Waals surface area contributed by atoms with Crippen molar-refractivity contribution in [3.8, 4) is 17.0 Å². The summed E-state index contributed by atoms with van der Waals surface area (Å²) >= 11 is 0. The molecule has 0 unspecified atom stereocenters. The Morgan fingerprint density at radius 1 is 1.12 bits per heavy atom. The van der Waals surface area contributed by atoms with Crippen molar-refractivity contribution >= 4 is 16.9 Å². The number of ether oxygens (including phenoxy) is 1. The number of aryl methyl sites for hydroxylation is 1. The normalized spacial score (nSPS) is 18.2. The van der Waals surface area contributed by atoms with E-state index in [1.807, 2.05) is 4.90 Å². The number of phenols is 1. The van der Waals surface area contributed by atoms with Crippen LogP contribution in [0, 0.1) is 17.5 Å². The molecular formula is C21H18F6N4O2. The molecule has 1 aliphatic heterocycles. The molecule has 2 aromatic heterocycles. The number of anilines is 1. The topological polar surface area (TPSA) is 63.4 Å². The third-order valence-corrected chi connectivity index (χ3v) is 6.43. The smallest absolute Gasteiger partial charge is 0.419 e. The molecule has 12 heteroatoms. The second-order valence-electron chi connectivity index (χ2n) is 8.37. The second kappa shape index (κ2) is 7.24. The van der Waals surface area contributed by atoms with Gasteiger partial charge in [-0.05, 0) is 31.4 Å². The van der Waals surface area contributed by atoms with Crippen molar-refractivity contribution < 1.29 is 36.2 Å². The maximum Gasteiger partial charge on any atom is 0.419 e. The van der Waals surface area contributed by atoms with Crippen LogP contribution in [-0.2, 0) is 18.0 Å². The summed E-state index contributed by atoms with van der Waals surface area (Å²) in [5.74, 6) is -6.25. The van der Waals surface area contributed by atoms with E-state index in [0.717, 1.165) is 25.3 Å². The van der Waals surface area contributed by atoms with Crippen molar-refractivity contribution in [1.82, 2.24) is 14.8 Å². The Kier molecular flexibility index (Phi) is 4.78. The number of aromatic hydroxyl groups is 1. The first-order valence-electron chi connectivity index (χ1n) is 10.2. The summed E-state index contributed by atoms with van der Waals surface area (Å²) in [6.07, 6.45) is -2.61. The molecule has 1 saturated carbocycles. The van der Waals surface area contributed by atoms with Gasteiger partial charge in [-0.3, -0.25) is 0 Å². The van der Waals surface area contributed by atoms with Gasteiger partial charge in [0.25, 0.3) is 0 Å². The minimum Gasteiger partial charge on any atom is -0.503 e. The fourth-order valence-corrected chi connectivity index (χ4v) is 4.59. The summed E-state index contributed by atoms with van der Waals surface area (Å²) in [6.45, 7) is 1.23. The van der Waals surface area contributed by atoms with Gasteiger partial charge in [-0.2, -0.15) is 18.3 Å². The highest BCUT2D eigenvalue weighted by atomic mass is 19.4. The Hall–Kier alpha value is -3.02. The maximum absolute atomic E-state index is 15.3. The van der Waals surface area contributed by atoms with Crippen LogP contribution in [0.4, 0.5) is 32.2 Å². The number of rotatable bonds is 2. The molecule has 2 fully saturated rings. The lowest BCUT2D eigenvalue weighted by molar-refractivity contribution is -0.140. The van der Waals surface area contributed by atoms with E-state index in [1.54, 1.807) is 0 Å². The van der Waals surface area contributed by atoms with Crippen LogP contribution in [0.1, 0.15) is 24.8 Å². The zero-order chi connectivity index (χ0) is 23.7. The average molecular weight is 472 g/mol. The monoisotopic (exact) mass is 472 g/mol. The maximum atomic E-state index is 15.3. The lowest BCUT2D eigenvalue weighted by Gasteiger charge is -2.53. The molecule has 33 heavy (non-hydrogen) atoms. The van der Waals surface area contributed by atoms with Crippen LogP contribution >= 0.6 is 0 Å².